The molecule has 2 aromatic rings. The van der Waals surface area contributed by atoms with Crippen LogP contribution in [0.15, 0.2) is 47.4 Å². The Morgan fingerprint density at radius 1 is 1.09 bits per heavy atom. The Labute approximate surface area is 132 Å². The summed E-state index contributed by atoms with van der Waals surface area (Å²) < 4.78 is 28.1. The third-order valence-corrected chi connectivity index (χ3v) is 5.92. The van der Waals surface area contributed by atoms with E-state index in [0.717, 1.165) is 36.7 Å². The fraction of sp³-hybridized carbons (Fsp3) is 0.412. The van der Waals surface area contributed by atoms with Crippen molar-refractivity contribution in [2.24, 2.45) is 5.92 Å². The van der Waals surface area contributed by atoms with Gasteiger partial charge in [0.05, 0.1) is 4.90 Å². The molecule has 0 saturated carbocycles. The van der Waals surface area contributed by atoms with Crippen molar-refractivity contribution in [3.63, 3.8) is 0 Å². The number of hydrogen-bond donors (Lipinski definition) is 1. The Hall–Kier alpha value is -1.43. The second-order valence-electron chi connectivity index (χ2n) is 6.08. The van der Waals surface area contributed by atoms with Crippen LogP contribution in [0.2, 0.25) is 0 Å². The van der Waals surface area contributed by atoms with Crippen LogP contribution in [-0.2, 0) is 10.0 Å². The Morgan fingerprint density at radius 2 is 1.77 bits per heavy atom. The average molecular weight is 318 g/mol. The van der Waals surface area contributed by atoms with E-state index in [1.807, 2.05) is 30.3 Å². The highest BCUT2D eigenvalue weighted by molar-refractivity contribution is 7.89. The van der Waals surface area contributed by atoms with E-state index in [1.54, 1.807) is 12.1 Å². The quantitative estimate of drug-likeness (QED) is 0.942. The maximum Gasteiger partial charge on any atom is 0.241 e. The summed E-state index contributed by atoms with van der Waals surface area (Å²) >= 11 is 0. The molecular weight excluding hydrogens is 296 g/mol. The Morgan fingerprint density at radius 3 is 2.55 bits per heavy atom. The molecule has 0 amide bonds. The summed E-state index contributed by atoms with van der Waals surface area (Å²) in [5.74, 6) is 0.431. The summed E-state index contributed by atoms with van der Waals surface area (Å²) in [7, 11) is -1.36. The molecular formula is C17H22N2O2S. The van der Waals surface area contributed by atoms with Crippen molar-refractivity contribution in [2.75, 3.05) is 26.7 Å². The van der Waals surface area contributed by atoms with Gasteiger partial charge in [-0.05, 0) is 50.3 Å². The number of fused-ring (bicyclic) bond motifs is 1. The third kappa shape index (κ3) is 3.32. The molecule has 1 fully saturated rings. The highest BCUT2D eigenvalue weighted by Crippen LogP contribution is 2.23. The molecule has 1 N–H and O–H groups in total. The number of benzene rings is 2. The van der Waals surface area contributed by atoms with Crippen molar-refractivity contribution in [2.45, 2.75) is 17.7 Å². The predicted molar refractivity (Wildman–Crippen MR) is 89.4 cm³/mol. The first-order valence-corrected chi connectivity index (χ1v) is 9.20. The molecule has 1 heterocycles. The minimum Gasteiger partial charge on any atom is -0.306 e. The molecule has 1 aliphatic rings. The zero-order valence-electron chi connectivity index (χ0n) is 12.8. The number of sulfonamides is 1. The van der Waals surface area contributed by atoms with Gasteiger partial charge in [-0.1, -0.05) is 36.4 Å². The van der Waals surface area contributed by atoms with Crippen LogP contribution in [0, 0.1) is 5.92 Å². The standard InChI is InChI=1S/C17H22N2O2S/c1-19-11-9-14(10-12-19)13-18-22(20,21)17-8-4-6-15-5-2-3-7-16(15)17/h2-8,14,18H,9-13H2,1H3. The summed E-state index contributed by atoms with van der Waals surface area (Å²) in [6, 6.07) is 13.0. The molecule has 0 unspecified atom stereocenters. The minimum absolute atomic E-state index is 0.374. The molecule has 1 saturated heterocycles. The average Bonchev–Trinajstić information content (AvgIpc) is 2.54. The molecule has 0 aliphatic carbocycles. The van der Waals surface area contributed by atoms with E-state index in [2.05, 4.69) is 16.7 Å². The van der Waals surface area contributed by atoms with Crippen molar-refractivity contribution < 1.29 is 8.42 Å². The lowest BCUT2D eigenvalue weighted by atomic mass is 9.98. The van der Waals surface area contributed by atoms with Gasteiger partial charge in [-0.3, -0.25) is 0 Å². The fourth-order valence-corrected chi connectivity index (χ4v) is 4.35. The highest BCUT2D eigenvalue weighted by Gasteiger charge is 2.21. The number of likely N-dealkylation sites (tertiary alicyclic amines) is 1. The largest absolute Gasteiger partial charge is 0.306 e. The Balaban J connectivity index is 1.77. The summed E-state index contributed by atoms with van der Waals surface area (Å²) in [5.41, 5.74) is 0. The topological polar surface area (TPSA) is 49.4 Å². The molecule has 4 nitrogen and oxygen atoms in total. The molecule has 0 bridgehead atoms. The lowest BCUT2D eigenvalue weighted by Gasteiger charge is -2.28. The normalized spacial score (nSPS) is 17.9. The Kier molecular flexibility index (Phi) is 4.47. The molecule has 0 aromatic heterocycles. The SMILES string of the molecule is CN1CCC(CNS(=O)(=O)c2cccc3ccccc23)CC1. The second kappa shape index (κ2) is 6.36. The van der Waals surface area contributed by atoms with E-state index in [-0.39, 0.29) is 0 Å². The van der Waals surface area contributed by atoms with Gasteiger partial charge in [-0.25, -0.2) is 13.1 Å². The molecule has 2 aromatic carbocycles. The van der Waals surface area contributed by atoms with Crippen LogP contribution in [0.4, 0.5) is 0 Å². The van der Waals surface area contributed by atoms with Crippen molar-refractivity contribution >= 4 is 20.8 Å². The van der Waals surface area contributed by atoms with Crippen molar-refractivity contribution in [1.82, 2.24) is 9.62 Å². The van der Waals surface area contributed by atoms with Gasteiger partial charge in [-0.15, -0.1) is 0 Å². The van der Waals surface area contributed by atoms with Gasteiger partial charge in [0.1, 0.15) is 0 Å². The van der Waals surface area contributed by atoms with Crippen molar-refractivity contribution in [3.8, 4) is 0 Å². The van der Waals surface area contributed by atoms with Crippen LogP contribution in [0.3, 0.4) is 0 Å². The Bertz CT molecular complexity index is 745. The van der Waals surface area contributed by atoms with E-state index in [9.17, 15) is 8.42 Å². The van der Waals surface area contributed by atoms with Crippen LogP contribution in [0.25, 0.3) is 10.8 Å². The monoisotopic (exact) mass is 318 g/mol. The lowest BCUT2D eigenvalue weighted by Crippen LogP contribution is -2.36. The minimum atomic E-state index is -3.46. The predicted octanol–water partition coefficient (Wildman–Crippen LogP) is 2.46. The van der Waals surface area contributed by atoms with E-state index in [0.29, 0.717) is 17.4 Å². The molecule has 0 atom stereocenters. The first-order chi connectivity index (χ1) is 10.6. The van der Waals surface area contributed by atoms with Gasteiger partial charge < -0.3 is 4.90 Å². The van der Waals surface area contributed by atoms with Crippen LogP contribution in [0.1, 0.15) is 12.8 Å². The molecule has 22 heavy (non-hydrogen) atoms. The summed E-state index contributed by atoms with van der Waals surface area (Å²) in [6.07, 6.45) is 2.10. The molecule has 5 heteroatoms. The van der Waals surface area contributed by atoms with Crippen molar-refractivity contribution in [1.29, 1.82) is 0 Å². The number of rotatable bonds is 4. The van der Waals surface area contributed by atoms with Crippen LogP contribution in [0.5, 0.6) is 0 Å². The van der Waals surface area contributed by atoms with E-state index in [1.165, 1.54) is 0 Å². The number of hydrogen-bond acceptors (Lipinski definition) is 3. The van der Waals surface area contributed by atoms with E-state index < -0.39 is 10.0 Å². The van der Waals surface area contributed by atoms with E-state index >= 15 is 0 Å². The van der Waals surface area contributed by atoms with Crippen LogP contribution in [-0.4, -0.2) is 40.0 Å². The summed E-state index contributed by atoms with van der Waals surface area (Å²) in [6.45, 7) is 2.61. The van der Waals surface area contributed by atoms with Crippen LogP contribution < -0.4 is 4.72 Å². The smallest absolute Gasteiger partial charge is 0.241 e. The number of piperidine rings is 1. The van der Waals surface area contributed by atoms with Gasteiger partial charge in [0.25, 0.3) is 0 Å². The van der Waals surface area contributed by atoms with Gasteiger partial charge in [-0.2, -0.15) is 0 Å². The maximum absolute atomic E-state index is 12.6. The van der Waals surface area contributed by atoms with E-state index in [4.69, 9.17) is 0 Å². The molecule has 0 spiro atoms. The first-order valence-electron chi connectivity index (χ1n) is 7.72. The molecule has 3 rings (SSSR count). The molecule has 1 aliphatic heterocycles. The van der Waals surface area contributed by atoms with Gasteiger partial charge in [0, 0.05) is 11.9 Å². The molecule has 0 radical (unpaired) electrons. The zero-order chi connectivity index (χ0) is 15.6. The highest BCUT2D eigenvalue weighted by atomic mass is 32.2. The number of nitrogens with zero attached hydrogens (tertiary/aromatic N) is 1. The first kappa shape index (κ1) is 15.5. The summed E-state index contributed by atoms with van der Waals surface area (Å²) in [5, 5.41) is 1.73. The zero-order valence-corrected chi connectivity index (χ0v) is 13.6. The maximum atomic E-state index is 12.6. The third-order valence-electron chi connectivity index (χ3n) is 4.44. The summed E-state index contributed by atoms with van der Waals surface area (Å²) in [4.78, 5) is 2.66. The molecule has 118 valence electrons. The lowest BCUT2D eigenvalue weighted by molar-refractivity contribution is 0.220. The van der Waals surface area contributed by atoms with Crippen LogP contribution >= 0.6 is 0 Å². The second-order valence-corrected chi connectivity index (χ2v) is 7.81. The van der Waals surface area contributed by atoms with Gasteiger partial charge in [0.2, 0.25) is 10.0 Å². The number of nitrogens with one attached hydrogen (secondary N) is 1. The van der Waals surface area contributed by atoms with Gasteiger partial charge in [0.15, 0.2) is 0 Å². The van der Waals surface area contributed by atoms with Gasteiger partial charge >= 0.3 is 0 Å². The van der Waals surface area contributed by atoms with Crippen molar-refractivity contribution in [3.05, 3.63) is 42.5 Å². The fourth-order valence-electron chi connectivity index (χ4n) is 3.00.